The first kappa shape index (κ1) is 19.0. The van der Waals surface area contributed by atoms with Crippen molar-refractivity contribution in [1.29, 1.82) is 0 Å². The Labute approximate surface area is 163 Å². The van der Waals surface area contributed by atoms with Gasteiger partial charge in [-0.2, -0.15) is 0 Å². The molecule has 0 saturated carbocycles. The number of aromatic nitrogens is 1. The summed E-state index contributed by atoms with van der Waals surface area (Å²) in [7, 11) is 4.96. The van der Waals surface area contributed by atoms with E-state index in [-0.39, 0.29) is 0 Å². The molecule has 0 spiro atoms. The Balaban J connectivity index is 1.92. The van der Waals surface area contributed by atoms with Crippen molar-refractivity contribution in [2.45, 2.75) is 19.8 Å². The van der Waals surface area contributed by atoms with Gasteiger partial charge in [0.05, 0.1) is 32.7 Å². The van der Waals surface area contributed by atoms with E-state index in [1.807, 2.05) is 42.5 Å². The Hall–Kier alpha value is -2.73. The molecule has 6 heteroatoms. The molecule has 5 nitrogen and oxygen atoms in total. The first-order chi connectivity index (χ1) is 13.2. The maximum Gasteiger partial charge on any atom is 0.188 e. The van der Waals surface area contributed by atoms with Gasteiger partial charge < -0.3 is 19.5 Å². The number of methoxy groups -OCH3 is 3. The number of hydrogen-bond acceptors (Lipinski definition) is 6. The molecule has 0 unspecified atom stereocenters. The average Bonchev–Trinajstić information content (AvgIpc) is 3.11. The predicted octanol–water partition coefficient (Wildman–Crippen LogP) is 5.53. The van der Waals surface area contributed by atoms with Gasteiger partial charge in [0.2, 0.25) is 0 Å². The minimum absolute atomic E-state index is 0.715. The van der Waals surface area contributed by atoms with Crippen LogP contribution < -0.4 is 19.5 Å². The van der Waals surface area contributed by atoms with Crippen LogP contribution in [0.25, 0.3) is 11.3 Å². The van der Waals surface area contributed by atoms with E-state index < -0.39 is 0 Å². The molecule has 142 valence electrons. The zero-order valence-corrected chi connectivity index (χ0v) is 16.9. The van der Waals surface area contributed by atoms with Crippen molar-refractivity contribution < 1.29 is 14.2 Å². The lowest BCUT2D eigenvalue weighted by molar-refractivity contribution is 0.395. The van der Waals surface area contributed by atoms with Gasteiger partial charge in [-0.25, -0.2) is 4.98 Å². The first-order valence-corrected chi connectivity index (χ1v) is 9.63. The molecule has 0 aliphatic heterocycles. The molecule has 0 radical (unpaired) electrons. The van der Waals surface area contributed by atoms with Crippen molar-refractivity contribution in [3.8, 4) is 28.5 Å². The molecule has 3 aromatic rings. The van der Waals surface area contributed by atoms with E-state index in [2.05, 4.69) is 12.2 Å². The van der Waals surface area contributed by atoms with E-state index in [1.165, 1.54) is 4.88 Å². The van der Waals surface area contributed by atoms with Crippen molar-refractivity contribution in [1.82, 2.24) is 4.98 Å². The molecule has 0 bridgehead atoms. The fourth-order valence-corrected chi connectivity index (χ4v) is 3.89. The summed E-state index contributed by atoms with van der Waals surface area (Å²) in [6, 6.07) is 13.7. The summed E-state index contributed by atoms with van der Waals surface area (Å²) in [5.74, 6) is 2.31. The van der Waals surface area contributed by atoms with Gasteiger partial charge in [0.25, 0.3) is 0 Å². The molecule has 2 aromatic carbocycles. The van der Waals surface area contributed by atoms with E-state index in [9.17, 15) is 0 Å². The Bertz CT molecular complexity index is 891. The van der Waals surface area contributed by atoms with Gasteiger partial charge in [-0.05, 0) is 42.8 Å². The van der Waals surface area contributed by atoms with Crippen LogP contribution >= 0.6 is 11.3 Å². The van der Waals surface area contributed by atoms with E-state index in [0.29, 0.717) is 5.75 Å². The molecule has 1 heterocycles. The van der Waals surface area contributed by atoms with Crippen LogP contribution in [-0.4, -0.2) is 26.3 Å². The molecule has 27 heavy (non-hydrogen) atoms. The topological polar surface area (TPSA) is 52.6 Å². The number of ether oxygens (including phenoxy) is 3. The third-order valence-electron chi connectivity index (χ3n) is 4.19. The SMILES string of the molecule is CCCc1sc(Nc2ccc(OC)cc2OC)nc1-c1ccc(OC)cc1. The predicted molar refractivity (Wildman–Crippen MR) is 111 cm³/mol. The van der Waals surface area contributed by atoms with Gasteiger partial charge in [0, 0.05) is 16.5 Å². The standard InChI is InChI=1S/C21H24N2O3S/c1-5-6-19-20(14-7-9-15(24-2)10-8-14)23-21(27-19)22-17-12-11-16(25-3)13-18(17)26-4/h7-13H,5-6H2,1-4H3,(H,22,23). The largest absolute Gasteiger partial charge is 0.497 e. The first-order valence-electron chi connectivity index (χ1n) is 8.81. The summed E-state index contributed by atoms with van der Waals surface area (Å²) in [5, 5.41) is 4.23. The molecule has 3 rings (SSSR count). The van der Waals surface area contributed by atoms with Crippen LogP contribution in [0.2, 0.25) is 0 Å². The number of hydrogen-bond donors (Lipinski definition) is 1. The summed E-state index contributed by atoms with van der Waals surface area (Å²) in [6.45, 7) is 2.18. The van der Waals surface area contributed by atoms with Crippen molar-refractivity contribution in [3.05, 3.63) is 47.3 Å². The number of nitrogens with zero attached hydrogens (tertiary/aromatic N) is 1. The second-order valence-corrected chi connectivity index (χ2v) is 7.04. The summed E-state index contributed by atoms with van der Waals surface area (Å²) in [4.78, 5) is 6.11. The minimum Gasteiger partial charge on any atom is -0.497 e. The molecule has 1 N–H and O–H groups in total. The van der Waals surface area contributed by atoms with Crippen molar-refractivity contribution >= 4 is 22.2 Å². The Morgan fingerprint density at radius 2 is 1.63 bits per heavy atom. The summed E-state index contributed by atoms with van der Waals surface area (Å²) >= 11 is 1.67. The number of aryl methyl sites for hydroxylation is 1. The fourth-order valence-electron chi connectivity index (χ4n) is 2.79. The minimum atomic E-state index is 0.715. The molecule has 0 saturated heterocycles. The van der Waals surface area contributed by atoms with E-state index in [1.54, 1.807) is 32.7 Å². The van der Waals surface area contributed by atoms with Gasteiger partial charge in [0.1, 0.15) is 17.2 Å². The van der Waals surface area contributed by atoms with Gasteiger partial charge in [-0.1, -0.05) is 13.3 Å². The molecule has 0 fully saturated rings. The second kappa shape index (κ2) is 8.77. The zero-order valence-electron chi connectivity index (χ0n) is 16.0. The summed E-state index contributed by atoms with van der Waals surface area (Å²) in [5.41, 5.74) is 2.96. The van der Waals surface area contributed by atoms with Crippen LogP contribution in [0.5, 0.6) is 17.2 Å². The lowest BCUT2D eigenvalue weighted by atomic mass is 10.1. The third kappa shape index (κ3) is 4.34. The summed E-state index contributed by atoms with van der Waals surface area (Å²) in [6.07, 6.45) is 2.05. The van der Waals surface area contributed by atoms with Gasteiger partial charge in [-0.3, -0.25) is 0 Å². The number of anilines is 2. The van der Waals surface area contributed by atoms with Crippen LogP contribution in [-0.2, 0) is 6.42 Å². The molecular formula is C21H24N2O3S. The summed E-state index contributed by atoms with van der Waals surface area (Å²) < 4.78 is 16.0. The highest BCUT2D eigenvalue weighted by Gasteiger charge is 2.14. The van der Waals surface area contributed by atoms with Crippen LogP contribution in [0.3, 0.4) is 0 Å². The van der Waals surface area contributed by atoms with Crippen LogP contribution in [0.4, 0.5) is 10.8 Å². The molecule has 0 amide bonds. The normalized spacial score (nSPS) is 10.5. The monoisotopic (exact) mass is 384 g/mol. The fraction of sp³-hybridized carbons (Fsp3) is 0.286. The van der Waals surface area contributed by atoms with Gasteiger partial charge >= 0.3 is 0 Å². The third-order valence-corrected chi connectivity index (χ3v) is 5.22. The molecule has 0 aliphatic carbocycles. The van der Waals surface area contributed by atoms with Crippen molar-refractivity contribution in [3.63, 3.8) is 0 Å². The van der Waals surface area contributed by atoms with E-state index in [4.69, 9.17) is 19.2 Å². The number of benzene rings is 2. The highest BCUT2D eigenvalue weighted by Crippen LogP contribution is 2.37. The smallest absolute Gasteiger partial charge is 0.188 e. The Morgan fingerprint density at radius 1 is 0.926 bits per heavy atom. The zero-order chi connectivity index (χ0) is 19.2. The maximum absolute atomic E-state index is 5.48. The lowest BCUT2D eigenvalue weighted by Crippen LogP contribution is -1.95. The molecule has 1 aromatic heterocycles. The Kier molecular flexibility index (Phi) is 6.19. The second-order valence-electron chi connectivity index (χ2n) is 5.96. The maximum atomic E-state index is 5.48. The number of thiazole rings is 1. The van der Waals surface area contributed by atoms with Gasteiger partial charge in [-0.15, -0.1) is 11.3 Å². The quantitative estimate of drug-likeness (QED) is 0.553. The molecule has 0 aliphatic rings. The van der Waals surface area contributed by atoms with Crippen molar-refractivity contribution in [2.24, 2.45) is 0 Å². The van der Waals surface area contributed by atoms with Crippen LogP contribution in [0.1, 0.15) is 18.2 Å². The van der Waals surface area contributed by atoms with Crippen LogP contribution in [0.15, 0.2) is 42.5 Å². The van der Waals surface area contributed by atoms with Crippen LogP contribution in [0, 0.1) is 0 Å². The van der Waals surface area contributed by atoms with Gasteiger partial charge in [0.15, 0.2) is 5.13 Å². The van der Waals surface area contributed by atoms with E-state index in [0.717, 1.165) is 46.4 Å². The molecule has 0 atom stereocenters. The number of nitrogens with one attached hydrogen (secondary N) is 1. The van der Waals surface area contributed by atoms with Crippen molar-refractivity contribution in [2.75, 3.05) is 26.6 Å². The van der Waals surface area contributed by atoms with E-state index >= 15 is 0 Å². The Morgan fingerprint density at radius 3 is 2.26 bits per heavy atom. The highest BCUT2D eigenvalue weighted by molar-refractivity contribution is 7.16. The lowest BCUT2D eigenvalue weighted by Gasteiger charge is -2.10. The molecular weight excluding hydrogens is 360 g/mol. The highest BCUT2D eigenvalue weighted by atomic mass is 32.1. The average molecular weight is 385 g/mol. The number of rotatable bonds is 8.